The van der Waals surface area contributed by atoms with E-state index in [9.17, 15) is 28.1 Å². The first kappa shape index (κ1) is 15.1. The van der Waals surface area contributed by atoms with Crippen LogP contribution in [0.15, 0.2) is 29.2 Å². The number of hydrogen-bond acceptors (Lipinski definition) is 6. The average Bonchev–Trinajstić information content (AvgIpc) is 2.46. The highest BCUT2D eigenvalue weighted by Crippen LogP contribution is 2.39. The fourth-order valence-corrected chi connectivity index (χ4v) is 3.37. The van der Waals surface area contributed by atoms with E-state index in [1.807, 2.05) is 0 Å². The number of hydrogen-bond donors (Lipinski definition) is 2. The highest BCUT2D eigenvalue weighted by molar-refractivity contribution is 7.89. The third-order valence-corrected chi connectivity index (χ3v) is 4.51. The van der Waals surface area contributed by atoms with Gasteiger partial charge in [-0.05, 0) is 17.0 Å². The van der Waals surface area contributed by atoms with Gasteiger partial charge in [0, 0.05) is 12.5 Å². The first-order valence-corrected chi connectivity index (χ1v) is 7.84. The van der Waals surface area contributed by atoms with Crippen LogP contribution in [0.1, 0.15) is 5.56 Å². The number of nitrogens with two attached hydrogens (primary N) is 1. The van der Waals surface area contributed by atoms with Gasteiger partial charge in [-0.25, -0.2) is 13.6 Å². The van der Waals surface area contributed by atoms with Gasteiger partial charge in [-0.2, -0.15) is 0 Å². The molecule has 0 spiro atoms. The van der Waals surface area contributed by atoms with E-state index in [4.69, 9.17) is 5.14 Å². The van der Waals surface area contributed by atoms with Gasteiger partial charge in [0.1, 0.15) is 0 Å². The minimum atomic E-state index is -4.21. The van der Waals surface area contributed by atoms with Crippen LogP contribution in [0, 0.1) is 10.1 Å². The van der Waals surface area contributed by atoms with E-state index in [1.54, 1.807) is 0 Å². The van der Waals surface area contributed by atoms with E-state index in [0.29, 0.717) is 5.56 Å². The molecule has 118 valence electrons. The summed E-state index contributed by atoms with van der Waals surface area (Å²) in [5.74, 6) is -1.58. The summed E-state index contributed by atoms with van der Waals surface area (Å²) >= 11 is 0. The second-order valence-corrected chi connectivity index (χ2v) is 6.49. The number of Topliss-reactive ketones (excluding diaryl/α,β-unsaturated/α-hetero) is 1. The fourth-order valence-electron chi connectivity index (χ4n) is 2.60. The average molecular weight is 335 g/mol. The highest BCUT2D eigenvalue weighted by Gasteiger charge is 2.30. The molecule has 0 aromatic heterocycles. The Labute approximate surface area is 129 Å². The van der Waals surface area contributed by atoms with E-state index < -0.39 is 37.2 Å². The van der Waals surface area contributed by atoms with Crippen molar-refractivity contribution >= 4 is 43.9 Å². The number of amides is 1. The van der Waals surface area contributed by atoms with Crippen LogP contribution in [-0.4, -0.2) is 25.0 Å². The van der Waals surface area contributed by atoms with Crippen molar-refractivity contribution in [2.45, 2.75) is 11.3 Å². The van der Waals surface area contributed by atoms with Crippen LogP contribution in [-0.2, 0) is 26.0 Å². The number of non-ortho nitro benzene ring substituents is 1. The third kappa shape index (κ3) is 2.33. The first-order chi connectivity index (χ1) is 10.7. The smallest absolute Gasteiger partial charge is 0.292 e. The molecular formula is C13H9N3O6S. The lowest BCUT2D eigenvalue weighted by Gasteiger charge is -2.18. The van der Waals surface area contributed by atoms with Crippen molar-refractivity contribution < 1.29 is 22.9 Å². The van der Waals surface area contributed by atoms with E-state index in [-0.39, 0.29) is 22.9 Å². The highest BCUT2D eigenvalue weighted by atomic mass is 32.2. The minimum absolute atomic E-state index is 0.111. The zero-order valence-electron chi connectivity index (χ0n) is 11.4. The van der Waals surface area contributed by atoms with E-state index in [0.717, 1.165) is 12.1 Å². The summed E-state index contributed by atoms with van der Waals surface area (Å²) in [7, 11) is -4.21. The number of carbonyl (C=O) groups is 2. The molecule has 3 N–H and O–H groups in total. The number of nitrogens with zero attached hydrogens (tertiary/aromatic N) is 1. The van der Waals surface area contributed by atoms with Crippen LogP contribution < -0.4 is 10.5 Å². The number of nitro groups is 1. The number of sulfonamides is 1. The molecule has 2 aromatic carbocycles. The molecule has 0 radical (unpaired) electrons. The summed E-state index contributed by atoms with van der Waals surface area (Å²) < 4.78 is 23.4. The van der Waals surface area contributed by atoms with Crippen LogP contribution >= 0.6 is 0 Å². The lowest BCUT2D eigenvalue weighted by molar-refractivity contribution is -0.383. The van der Waals surface area contributed by atoms with Gasteiger partial charge in [0.05, 0.1) is 20.9 Å². The number of nitro benzene ring substituents is 1. The summed E-state index contributed by atoms with van der Waals surface area (Å²) in [5.41, 5.74) is -0.0842. The van der Waals surface area contributed by atoms with Crippen molar-refractivity contribution in [2.75, 3.05) is 5.32 Å². The Balaban J connectivity index is 2.51. The second-order valence-electron chi connectivity index (χ2n) is 4.96. The minimum Gasteiger partial charge on any atom is -0.319 e. The van der Waals surface area contributed by atoms with Crippen molar-refractivity contribution in [1.82, 2.24) is 0 Å². The molecule has 1 aliphatic heterocycles. The Hall–Kier alpha value is -2.85. The largest absolute Gasteiger partial charge is 0.319 e. The number of nitrogens with one attached hydrogen (secondary N) is 1. The summed E-state index contributed by atoms with van der Waals surface area (Å²) in [4.78, 5) is 33.2. The Morgan fingerprint density at radius 1 is 1.26 bits per heavy atom. The molecular weight excluding hydrogens is 326 g/mol. The Bertz CT molecular complexity index is 1010. The molecule has 0 atom stereocenters. The third-order valence-electron chi connectivity index (χ3n) is 3.56. The van der Waals surface area contributed by atoms with Gasteiger partial charge >= 0.3 is 0 Å². The molecule has 0 unspecified atom stereocenters. The Morgan fingerprint density at radius 2 is 1.96 bits per heavy atom. The monoisotopic (exact) mass is 335 g/mol. The van der Waals surface area contributed by atoms with Crippen LogP contribution in [0.3, 0.4) is 0 Å². The Kier molecular flexibility index (Phi) is 3.16. The van der Waals surface area contributed by atoms with Crippen molar-refractivity contribution in [2.24, 2.45) is 5.14 Å². The standard InChI is InChI=1S/C13H9N3O6S/c14-23(21,22)11-3-1-2-6-7-4-10(17)13(18)15-8(7)5-9(12(6)11)16(19)20/h1-3,5H,4H2,(H,15,18)(H2,14,21,22). The quantitative estimate of drug-likeness (QED) is 0.462. The Morgan fingerprint density at radius 3 is 2.57 bits per heavy atom. The number of carbonyl (C=O) groups excluding carboxylic acids is 2. The summed E-state index contributed by atoms with van der Waals surface area (Å²) in [6, 6.07) is 5.00. The van der Waals surface area contributed by atoms with E-state index in [2.05, 4.69) is 5.32 Å². The van der Waals surface area contributed by atoms with Crippen molar-refractivity contribution in [3.05, 3.63) is 39.9 Å². The summed E-state index contributed by atoms with van der Waals surface area (Å²) in [5, 5.41) is 18.7. The maximum Gasteiger partial charge on any atom is 0.292 e. The van der Waals surface area contributed by atoms with Crippen LogP contribution in [0.5, 0.6) is 0 Å². The first-order valence-electron chi connectivity index (χ1n) is 6.30. The van der Waals surface area contributed by atoms with Crippen molar-refractivity contribution in [3.63, 3.8) is 0 Å². The van der Waals surface area contributed by atoms with Gasteiger partial charge in [-0.3, -0.25) is 19.7 Å². The lowest BCUT2D eigenvalue weighted by atomic mass is 9.94. The molecule has 1 amide bonds. The lowest BCUT2D eigenvalue weighted by Crippen LogP contribution is -2.30. The van der Waals surface area contributed by atoms with Crippen LogP contribution in [0.4, 0.5) is 11.4 Å². The summed E-state index contributed by atoms with van der Waals surface area (Å²) in [6.45, 7) is 0. The van der Waals surface area contributed by atoms with Crippen molar-refractivity contribution in [3.8, 4) is 0 Å². The fraction of sp³-hybridized carbons (Fsp3) is 0.0769. The second kappa shape index (κ2) is 4.83. The van der Waals surface area contributed by atoms with E-state index in [1.165, 1.54) is 12.1 Å². The molecule has 0 saturated carbocycles. The zero-order valence-corrected chi connectivity index (χ0v) is 12.2. The van der Waals surface area contributed by atoms with Gasteiger partial charge in [-0.1, -0.05) is 12.1 Å². The number of rotatable bonds is 2. The molecule has 1 aliphatic rings. The molecule has 1 heterocycles. The predicted molar refractivity (Wildman–Crippen MR) is 79.3 cm³/mol. The molecule has 0 bridgehead atoms. The molecule has 0 saturated heterocycles. The van der Waals surface area contributed by atoms with E-state index >= 15 is 0 Å². The normalized spacial score (nSPS) is 14.5. The van der Waals surface area contributed by atoms with Gasteiger partial charge in [-0.15, -0.1) is 0 Å². The topological polar surface area (TPSA) is 149 Å². The molecule has 0 aliphatic carbocycles. The van der Waals surface area contributed by atoms with Gasteiger partial charge < -0.3 is 5.32 Å². The maximum absolute atomic E-state index is 11.7. The zero-order chi connectivity index (χ0) is 16.9. The van der Waals surface area contributed by atoms with Gasteiger partial charge in [0.25, 0.3) is 11.6 Å². The van der Waals surface area contributed by atoms with Gasteiger partial charge in [0.15, 0.2) is 0 Å². The number of fused-ring (bicyclic) bond motifs is 3. The molecule has 23 heavy (non-hydrogen) atoms. The van der Waals surface area contributed by atoms with Crippen molar-refractivity contribution in [1.29, 1.82) is 0 Å². The molecule has 2 aromatic rings. The van der Waals surface area contributed by atoms with Gasteiger partial charge in [0.2, 0.25) is 15.8 Å². The number of anilines is 1. The number of ketones is 1. The molecule has 3 rings (SSSR count). The molecule has 0 fully saturated rings. The van der Waals surface area contributed by atoms with Crippen LogP contribution in [0.25, 0.3) is 10.8 Å². The number of benzene rings is 2. The SMILES string of the molecule is NS(=O)(=O)c1cccc2c3c(cc([N+](=O)[O-])c12)NC(=O)C(=O)C3. The van der Waals surface area contributed by atoms with Crippen LogP contribution in [0.2, 0.25) is 0 Å². The predicted octanol–water partition coefficient (Wildman–Crippen LogP) is 0.459. The maximum atomic E-state index is 11.7. The molecule has 9 nitrogen and oxygen atoms in total. The molecule has 10 heteroatoms. The number of primary sulfonamides is 1. The summed E-state index contributed by atoms with van der Waals surface area (Å²) in [6.07, 6.45) is -0.274.